The molecule has 3 nitrogen and oxygen atoms in total. The molecule has 0 fully saturated rings. The highest BCUT2D eigenvalue weighted by atomic mass is 32.2. The van der Waals surface area contributed by atoms with Gasteiger partial charge in [-0.2, -0.15) is 5.26 Å². The number of rotatable bonds is 3. The maximum atomic E-state index is 11.8. The lowest BCUT2D eigenvalue weighted by Gasteiger charge is -2.16. The van der Waals surface area contributed by atoms with Crippen LogP contribution in [-0.4, -0.2) is 20.5 Å². The van der Waals surface area contributed by atoms with Crippen LogP contribution in [0.15, 0.2) is 24.3 Å². The molecule has 1 atom stereocenters. The molecule has 0 aliphatic carbocycles. The zero-order valence-electron chi connectivity index (χ0n) is 10.2. The Morgan fingerprint density at radius 3 is 2.24 bits per heavy atom. The molecular weight excluding hydrogens is 234 g/mol. The van der Waals surface area contributed by atoms with Gasteiger partial charge in [-0.3, -0.25) is 9.00 Å². The van der Waals surface area contributed by atoms with E-state index < -0.39 is 10.8 Å². The highest BCUT2D eigenvalue weighted by Crippen LogP contribution is 2.13. The zero-order valence-corrected chi connectivity index (χ0v) is 11.0. The molecule has 1 rings (SSSR count). The summed E-state index contributed by atoms with van der Waals surface area (Å²) < 4.78 is 11.4. The molecule has 0 N–H and O–H groups in total. The number of nitriles is 1. The van der Waals surface area contributed by atoms with E-state index in [1.54, 1.807) is 24.3 Å². The van der Waals surface area contributed by atoms with Gasteiger partial charge in [0.1, 0.15) is 0 Å². The SMILES string of the molecule is CC(C)(C)S(=O)CC(=O)c1ccc(C#N)cc1. The van der Waals surface area contributed by atoms with Gasteiger partial charge in [0.05, 0.1) is 17.4 Å². The highest BCUT2D eigenvalue weighted by molar-refractivity contribution is 7.87. The van der Waals surface area contributed by atoms with Gasteiger partial charge >= 0.3 is 0 Å². The van der Waals surface area contributed by atoms with Crippen molar-refractivity contribution in [1.82, 2.24) is 0 Å². The first-order valence-corrected chi connectivity index (χ1v) is 6.58. The lowest BCUT2D eigenvalue weighted by Crippen LogP contribution is -2.27. The van der Waals surface area contributed by atoms with E-state index in [2.05, 4.69) is 0 Å². The number of benzene rings is 1. The van der Waals surface area contributed by atoms with Crippen molar-refractivity contribution in [3.05, 3.63) is 35.4 Å². The molecule has 0 aliphatic heterocycles. The molecule has 1 aromatic carbocycles. The summed E-state index contributed by atoms with van der Waals surface area (Å²) in [5, 5.41) is 8.64. The first-order chi connectivity index (χ1) is 7.84. The van der Waals surface area contributed by atoms with E-state index in [4.69, 9.17) is 5.26 Å². The second-order valence-corrected chi connectivity index (χ2v) is 6.92. The number of hydrogen-bond acceptors (Lipinski definition) is 3. The predicted octanol–water partition coefficient (Wildman–Crippen LogP) is 2.29. The number of nitrogens with zero attached hydrogens (tertiary/aromatic N) is 1. The van der Waals surface area contributed by atoms with Crippen LogP contribution in [0.3, 0.4) is 0 Å². The molecule has 90 valence electrons. The van der Waals surface area contributed by atoms with E-state index >= 15 is 0 Å². The van der Waals surface area contributed by atoms with Gasteiger partial charge in [0, 0.05) is 21.1 Å². The monoisotopic (exact) mass is 249 g/mol. The fraction of sp³-hybridized carbons (Fsp3) is 0.385. The Balaban J connectivity index is 2.78. The third-order valence-electron chi connectivity index (χ3n) is 2.28. The van der Waals surface area contributed by atoms with Gasteiger partial charge in [-0.05, 0) is 32.9 Å². The normalized spacial score (nSPS) is 12.8. The third-order valence-corrected chi connectivity index (χ3v) is 4.17. The Labute approximate surface area is 104 Å². The summed E-state index contributed by atoms with van der Waals surface area (Å²) in [5.74, 6) is -0.127. The maximum Gasteiger partial charge on any atom is 0.175 e. The van der Waals surface area contributed by atoms with Gasteiger partial charge in [-0.1, -0.05) is 12.1 Å². The van der Waals surface area contributed by atoms with Gasteiger partial charge in [0.25, 0.3) is 0 Å². The van der Waals surface area contributed by atoms with E-state index in [1.807, 2.05) is 26.8 Å². The van der Waals surface area contributed by atoms with Crippen molar-refractivity contribution >= 4 is 16.6 Å². The van der Waals surface area contributed by atoms with E-state index in [9.17, 15) is 9.00 Å². The van der Waals surface area contributed by atoms with Crippen LogP contribution in [0.4, 0.5) is 0 Å². The number of ketones is 1. The van der Waals surface area contributed by atoms with Crippen LogP contribution < -0.4 is 0 Å². The minimum atomic E-state index is -1.19. The summed E-state index contributed by atoms with van der Waals surface area (Å²) in [6.45, 7) is 5.53. The highest BCUT2D eigenvalue weighted by Gasteiger charge is 2.22. The molecule has 0 amide bonds. The Morgan fingerprint density at radius 1 is 1.29 bits per heavy atom. The molecule has 0 spiro atoms. The lowest BCUT2D eigenvalue weighted by molar-refractivity contribution is 0.102. The van der Waals surface area contributed by atoms with Crippen LogP contribution in [-0.2, 0) is 10.8 Å². The van der Waals surface area contributed by atoms with Gasteiger partial charge in [-0.25, -0.2) is 0 Å². The van der Waals surface area contributed by atoms with Gasteiger partial charge in [-0.15, -0.1) is 0 Å². The largest absolute Gasteiger partial charge is 0.293 e. The van der Waals surface area contributed by atoms with Crippen molar-refractivity contribution < 1.29 is 9.00 Å². The van der Waals surface area contributed by atoms with Gasteiger partial charge in [0.2, 0.25) is 0 Å². The van der Waals surface area contributed by atoms with Gasteiger partial charge < -0.3 is 0 Å². The summed E-state index contributed by atoms with van der Waals surface area (Å²) in [6, 6.07) is 8.36. The molecule has 0 saturated heterocycles. The van der Waals surface area contributed by atoms with Gasteiger partial charge in [0.15, 0.2) is 5.78 Å². The number of Topliss-reactive ketones (excluding diaryl/α,β-unsaturated/α-hetero) is 1. The molecule has 1 aromatic rings. The number of carbonyl (C=O) groups excluding carboxylic acids is 1. The standard InChI is InChI=1S/C13H15NO2S/c1-13(2,3)17(16)9-12(15)11-6-4-10(8-14)5-7-11/h4-7H,9H2,1-3H3. The Kier molecular flexibility index (Phi) is 4.19. The molecule has 4 heteroatoms. The van der Waals surface area contributed by atoms with Crippen molar-refractivity contribution in [3.63, 3.8) is 0 Å². The van der Waals surface area contributed by atoms with Crippen molar-refractivity contribution in [2.75, 3.05) is 5.75 Å². The van der Waals surface area contributed by atoms with Crippen LogP contribution in [0.25, 0.3) is 0 Å². The Hall–Kier alpha value is -1.47. The van der Waals surface area contributed by atoms with Crippen LogP contribution in [0.1, 0.15) is 36.7 Å². The van der Waals surface area contributed by atoms with E-state index in [0.717, 1.165) is 0 Å². The Morgan fingerprint density at radius 2 is 1.82 bits per heavy atom. The van der Waals surface area contributed by atoms with E-state index in [-0.39, 0.29) is 16.3 Å². The first-order valence-electron chi connectivity index (χ1n) is 5.26. The van der Waals surface area contributed by atoms with Crippen molar-refractivity contribution in [2.24, 2.45) is 0 Å². The molecular formula is C13H15NO2S. The van der Waals surface area contributed by atoms with Crippen molar-refractivity contribution in [1.29, 1.82) is 5.26 Å². The molecule has 17 heavy (non-hydrogen) atoms. The smallest absolute Gasteiger partial charge is 0.175 e. The molecule has 0 aromatic heterocycles. The summed E-state index contributed by atoms with van der Waals surface area (Å²) >= 11 is 0. The molecule has 0 radical (unpaired) electrons. The fourth-order valence-electron chi connectivity index (χ4n) is 1.15. The lowest BCUT2D eigenvalue weighted by atomic mass is 10.1. The third kappa shape index (κ3) is 3.79. The summed E-state index contributed by atoms with van der Waals surface area (Å²) in [7, 11) is -1.19. The van der Waals surface area contributed by atoms with Crippen LogP contribution >= 0.6 is 0 Å². The topological polar surface area (TPSA) is 57.9 Å². The molecule has 0 heterocycles. The second kappa shape index (κ2) is 5.24. The number of carbonyl (C=O) groups is 1. The van der Waals surface area contributed by atoms with Crippen molar-refractivity contribution in [3.8, 4) is 6.07 Å². The molecule has 0 aliphatic rings. The van der Waals surface area contributed by atoms with E-state index in [0.29, 0.717) is 11.1 Å². The molecule has 0 bridgehead atoms. The second-order valence-electron chi connectivity index (χ2n) is 4.71. The first kappa shape index (κ1) is 13.6. The van der Waals surface area contributed by atoms with Crippen LogP contribution in [0.5, 0.6) is 0 Å². The molecule has 0 saturated carbocycles. The average molecular weight is 249 g/mol. The Bertz CT molecular complexity index is 478. The minimum Gasteiger partial charge on any atom is -0.293 e. The summed E-state index contributed by atoms with van der Waals surface area (Å²) in [4.78, 5) is 11.8. The summed E-state index contributed by atoms with van der Waals surface area (Å²) in [6.07, 6.45) is 0. The van der Waals surface area contributed by atoms with Crippen LogP contribution in [0.2, 0.25) is 0 Å². The van der Waals surface area contributed by atoms with Crippen LogP contribution in [0, 0.1) is 11.3 Å². The zero-order chi connectivity index (χ0) is 13.1. The minimum absolute atomic E-state index is 0.0232. The number of hydrogen-bond donors (Lipinski definition) is 0. The van der Waals surface area contributed by atoms with E-state index in [1.165, 1.54) is 0 Å². The average Bonchev–Trinajstić information content (AvgIpc) is 2.27. The quantitative estimate of drug-likeness (QED) is 0.772. The predicted molar refractivity (Wildman–Crippen MR) is 68.2 cm³/mol. The van der Waals surface area contributed by atoms with Crippen molar-refractivity contribution in [2.45, 2.75) is 25.5 Å². The fourth-order valence-corrected chi connectivity index (χ4v) is 1.99. The molecule has 1 unspecified atom stereocenters. The summed E-state index contributed by atoms with van der Waals surface area (Å²) in [5.41, 5.74) is 1.01. The maximum absolute atomic E-state index is 11.8.